The molecule has 0 fully saturated rings. The van der Waals surface area contributed by atoms with Crippen LogP contribution in [0.15, 0.2) is 36.5 Å². The molecule has 2 heterocycles. The lowest BCUT2D eigenvalue weighted by atomic mass is 10.2. The molecule has 2 aromatic heterocycles. The molecule has 3 aromatic rings. The van der Waals surface area contributed by atoms with E-state index < -0.39 is 6.09 Å². The minimum Gasteiger partial charge on any atom is -0.497 e. The zero-order chi connectivity index (χ0) is 19.2. The van der Waals surface area contributed by atoms with Crippen LogP contribution < -0.4 is 19.5 Å². The molecular weight excluding hydrogens is 352 g/mol. The minimum atomic E-state index is -0.567. The van der Waals surface area contributed by atoms with Crippen molar-refractivity contribution >= 4 is 17.6 Å². The van der Waals surface area contributed by atoms with Crippen LogP contribution in [0.25, 0.3) is 5.65 Å². The number of fused-ring (bicyclic) bond motifs is 1. The van der Waals surface area contributed by atoms with E-state index in [0.29, 0.717) is 28.8 Å². The van der Waals surface area contributed by atoms with Gasteiger partial charge in [-0.3, -0.25) is 5.32 Å². The lowest BCUT2D eigenvalue weighted by molar-refractivity contribution is 0.168. The molecule has 0 aliphatic rings. The summed E-state index contributed by atoms with van der Waals surface area (Å²) in [4.78, 5) is 15.7. The molecule has 9 heteroatoms. The third kappa shape index (κ3) is 4.38. The Bertz CT molecular complexity index is 941. The number of anilines is 1. The van der Waals surface area contributed by atoms with Crippen LogP contribution >= 0.6 is 0 Å². The number of nitrogens with one attached hydrogen (secondary N) is 1. The van der Waals surface area contributed by atoms with E-state index in [2.05, 4.69) is 15.4 Å². The third-order valence-electron chi connectivity index (χ3n) is 3.66. The van der Waals surface area contributed by atoms with Gasteiger partial charge in [0.15, 0.2) is 11.5 Å². The highest BCUT2D eigenvalue weighted by molar-refractivity contribution is 5.83. The smallest absolute Gasteiger partial charge is 0.412 e. The van der Waals surface area contributed by atoms with Crippen LogP contribution in [0.5, 0.6) is 17.4 Å². The Morgan fingerprint density at radius 1 is 1.19 bits per heavy atom. The number of nitrogens with zero attached hydrogens (tertiary/aromatic N) is 3. The third-order valence-corrected chi connectivity index (χ3v) is 3.66. The van der Waals surface area contributed by atoms with Crippen molar-refractivity contribution in [1.82, 2.24) is 14.6 Å². The Kier molecular flexibility index (Phi) is 5.60. The zero-order valence-electron chi connectivity index (χ0n) is 15.3. The van der Waals surface area contributed by atoms with Crippen molar-refractivity contribution in [3.05, 3.63) is 42.1 Å². The molecule has 0 radical (unpaired) electrons. The SMILES string of the molecule is CCOC(=O)Nc1cn2nc(OCc3cc(OC)ccc3OC)ccc2n1. The number of aromatic nitrogens is 3. The van der Waals surface area contributed by atoms with Crippen LogP contribution in [0.2, 0.25) is 0 Å². The summed E-state index contributed by atoms with van der Waals surface area (Å²) < 4.78 is 22.7. The topological polar surface area (TPSA) is 96.2 Å². The highest BCUT2D eigenvalue weighted by Crippen LogP contribution is 2.25. The number of amides is 1. The van der Waals surface area contributed by atoms with E-state index in [0.717, 1.165) is 5.56 Å². The lowest BCUT2D eigenvalue weighted by Gasteiger charge is -2.11. The first-order valence-electron chi connectivity index (χ1n) is 8.27. The molecule has 9 nitrogen and oxygen atoms in total. The van der Waals surface area contributed by atoms with E-state index in [1.165, 1.54) is 4.52 Å². The lowest BCUT2D eigenvalue weighted by Crippen LogP contribution is -2.13. The summed E-state index contributed by atoms with van der Waals surface area (Å²) in [5.74, 6) is 2.14. The second-order valence-electron chi connectivity index (χ2n) is 5.41. The summed E-state index contributed by atoms with van der Waals surface area (Å²) in [5, 5.41) is 6.86. The molecule has 142 valence electrons. The van der Waals surface area contributed by atoms with Crippen LogP contribution in [0.4, 0.5) is 10.6 Å². The van der Waals surface area contributed by atoms with E-state index in [1.54, 1.807) is 39.5 Å². The molecular formula is C18H20N4O5. The standard InChI is InChI=1S/C18H20N4O5/c1-4-26-18(23)20-15-10-22-16(19-15)7-8-17(21-22)27-11-12-9-13(24-2)5-6-14(12)25-3/h5-10H,4,11H2,1-3H3,(H,20,23). The number of imidazole rings is 1. The van der Waals surface area contributed by atoms with Crippen molar-refractivity contribution in [2.24, 2.45) is 0 Å². The summed E-state index contributed by atoms with van der Waals surface area (Å²) in [5.41, 5.74) is 1.39. The predicted molar refractivity (Wildman–Crippen MR) is 97.5 cm³/mol. The van der Waals surface area contributed by atoms with Crippen molar-refractivity contribution in [2.45, 2.75) is 13.5 Å². The van der Waals surface area contributed by atoms with E-state index >= 15 is 0 Å². The number of rotatable bonds is 7. The first kappa shape index (κ1) is 18.3. The van der Waals surface area contributed by atoms with Crippen LogP contribution in [0, 0.1) is 0 Å². The van der Waals surface area contributed by atoms with Crippen molar-refractivity contribution < 1.29 is 23.7 Å². The number of hydrogen-bond donors (Lipinski definition) is 1. The molecule has 1 amide bonds. The fraction of sp³-hybridized carbons (Fsp3) is 0.278. The van der Waals surface area contributed by atoms with Crippen LogP contribution in [-0.2, 0) is 11.3 Å². The van der Waals surface area contributed by atoms with Gasteiger partial charge in [0.25, 0.3) is 0 Å². The number of hydrogen-bond acceptors (Lipinski definition) is 7. The fourth-order valence-electron chi connectivity index (χ4n) is 2.42. The van der Waals surface area contributed by atoms with Gasteiger partial charge in [-0.05, 0) is 31.2 Å². The average Bonchev–Trinajstić information content (AvgIpc) is 3.07. The van der Waals surface area contributed by atoms with E-state index in [9.17, 15) is 4.79 Å². The summed E-state index contributed by atoms with van der Waals surface area (Å²) >= 11 is 0. The molecule has 27 heavy (non-hydrogen) atoms. The first-order valence-corrected chi connectivity index (χ1v) is 8.27. The molecule has 0 saturated carbocycles. The molecule has 1 aromatic carbocycles. The molecule has 0 unspecified atom stereocenters. The molecule has 1 N–H and O–H groups in total. The monoisotopic (exact) mass is 372 g/mol. The molecule has 0 aliphatic heterocycles. The van der Waals surface area contributed by atoms with Gasteiger partial charge < -0.3 is 18.9 Å². The summed E-state index contributed by atoms with van der Waals surface area (Å²) in [7, 11) is 3.20. The van der Waals surface area contributed by atoms with Gasteiger partial charge in [0.05, 0.1) is 27.0 Å². The second-order valence-corrected chi connectivity index (χ2v) is 5.41. The number of carbonyl (C=O) groups is 1. The van der Waals surface area contributed by atoms with Gasteiger partial charge in [-0.25, -0.2) is 14.3 Å². The minimum absolute atomic E-state index is 0.251. The molecule has 0 bridgehead atoms. The number of ether oxygens (including phenoxy) is 4. The van der Waals surface area contributed by atoms with Gasteiger partial charge in [0.2, 0.25) is 5.88 Å². The molecule has 3 rings (SSSR count). The molecule has 0 aliphatic carbocycles. The number of carbonyl (C=O) groups excluding carboxylic acids is 1. The first-order chi connectivity index (χ1) is 13.1. The number of methoxy groups -OCH3 is 2. The van der Waals surface area contributed by atoms with E-state index in [1.807, 2.05) is 18.2 Å². The Morgan fingerprint density at radius 3 is 2.78 bits per heavy atom. The Labute approximate surface area is 155 Å². The average molecular weight is 372 g/mol. The maximum atomic E-state index is 11.5. The zero-order valence-corrected chi connectivity index (χ0v) is 15.3. The van der Waals surface area contributed by atoms with Crippen LogP contribution in [0.3, 0.4) is 0 Å². The fourth-order valence-corrected chi connectivity index (χ4v) is 2.42. The Balaban J connectivity index is 1.73. The van der Waals surface area contributed by atoms with Gasteiger partial charge in [-0.1, -0.05) is 0 Å². The highest BCUT2D eigenvalue weighted by atomic mass is 16.5. The highest BCUT2D eigenvalue weighted by Gasteiger charge is 2.10. The van der Waals surface area contributed by atoms with Gasteiger partial charge >= 0.3 is 6.09 Å². The Morgan fingerprint density at radius 2 is 2.04 bits per heavy atom. The van der Waals surface area contributed by atoms with Gasteiger partial charge in [0, 0.05) is 11.6 Å². The second kappa shape index (κ2) is 8.26. The maximum absolute atomic E-state index is 11.5. The summed E-state index contributed by atoms with van der Waals surface area (Å²) in [6.07, 6.45) is 1.01. The summed E-state index contributed by atoms with van der Waals surface area (Å²) in [6, 6.07) is 8.91. The van der Waals surface area contributed by atoms with Gasteiger partial charge in [-0.15, -0.1) is 5.10 Å². The van der Waals surface area contributed by atoms with Crippen molar-refractivity contribution in [3.8, 4) is 17.4 Å². The van der Waals surface area contributed by atoms with Crippen LogP contribution in [0.1, 0.15) is 12.5 Å². The molecule has 0 atom stereocenters. The van der Waals surface area contributed by atoms with Crippen LogP contribution in [-0.4, -0.2) is 41.5 Å². The predicted octanol–water partition coefficient (Wildman–Crippen LogP) is 2.89. The van der Waals surface area contributed by atoms with Gasteiger partial charge in [0.1, 0.15) is 18.1 Å². The van der Waals surface area contributed by atoms with E-state index in [4.69, 9.17) is 18.9 Å². The van der Waals surface area contributed by atoms with E-state index in [-0.39, 0.29) is 13.2 Å². The molecule has 0 spiro atoms. The quantitative estimate of drug-likeness (QED) is 0.681. The summed E-state index contributed by atoms with van der Waals surface area (Å²) in [6.45, 7) is 2.26. The van der Waals surface area contributed by atoms with Crippen molar-refractivity contribution in [1.29, 1.82) is 0 Å². The number of benzene rings is 1. The molecule has 0 saturated heterocycles. The Hall–Kier alpha value is -3.49. The van der Waals surface area contributed by atoms with Crippen molar-refractivity contribution in [2.75, 3.05) is 26.1 Å². The van der Waals surface area contributed by atoms with Gasteiger partial charge in [-0.2, -0.15) is 0 Å². The largest absolute Gasteiger partial charge is 0.497 e. The maximum Gasteiger partial charge on any atom is 0.412 e. The normalized spacial score (nSPS) is 10.5. The van der Waals surface area contributed by atoms with Crippen molar-refractivity contribution in [3.63, 3.8) is 0 Å².